The van der Waals surface area contributed by atoms with Crippen LogP contribution in [0.1, 0.15) is 44.9 Å². The van der Waals surface area contributed by atoms with Gasteiger partial charge in [0.15, 0.2) is 0 Å². The number of rotatable bonds is 4. The monoisotopic (exact) mass is 264 g/mol. The second-order valence-electron chi connectivity index (χ2n) is 5.54. The molecule has 1 fully saturated rings. The molecule has 1 aromatic heterocycles. The lowest BCUT2D eigenvalue weighted by atomic mass is 9.94. The zero-order chi connectivity index (χ0) is 13.9. The summed E-state index contributed by atoms with van der Waals surface area (Å²) in [5, 5.41) is 9.76. The summed E-state index contributed by atoms with van der Waals surface area (Å²) in [5.74, 6) is 0. The Bertz CT molecular complexity index is 407. The van der Waals surface area contributed by atoms with Gasteiger partial charge in [-0.1, -0.05) is 6.92 Å². The van der Waals surface area contributed by atoms with Gasteiger partial charge in [-0.05, 0) is 38.3 Å². The minimum atomic E-state index is -0.459. The number of aliphatic hydroxyl groups is 1. The molecule has 0 bridgehead atoms. The van der Waals surface area contributed by atoms with Crippen molar-refractivity contribution < 1.29 is 9.84 Å². The predicted octanol–water partition coefficient (Wildman–Crippen LogP) is 2.53. The maximum absolute atomic E-state index is 9.76. The fraction of sp³-hybridized carbons (Fsp3) is 0.667. The lowest BCUT2D eigenvalue weighted by Crippen LogP contribution is -2.47. The van der Waals surface area contributed by atoms with E-state index < -0.39 is 6.10 Å². The molecular formula is C15H24N2O2. The van der Waals surface area contributed by atoms with Crippen molar-refractivity contribution in [3.8, 4) is 0 Å². The molecule has 0 aromatic carbocycles. The number of aromatic nitrogens is 1. The van der Waals surface area contributed by atoms with Crippen molar-refractivity contribution in [1.82, 2.24) is 4.98 Å². The van der Waals surface area contributed by atoms with Crippen LogP contribution in [0, 0.1) is 0 Å². The number of aliphatic hydroxyl groups excluding tert-OH is 1. The molecule has 1 aliphatic rings. The second-order valence-corrected chi connectivity index (χ2v) is 5.54. The minimum Gasteiger partial charge on any atom is -0.387 e. The summed E-state index contributed by atoms with van der Waals surface area (Å²) in [6.45, 7) is 6.04. The smallest absolute Gasteiger partial charge is 0.0957 e. The fourth-order valence-corrected chi connectivity index (χ4v) is 2.58. The molecule has 1 saturated heterocycles. The Kier molecular flexibility index (Phi) is 4.42. The summed E-state index contributed by atoms with van der Waals surface area (Å²) in [7, 11) is 1.78. The molecule has 4 heteroatoms. The zero-order valence-electron chi connectivity index (χ0n) is 12.1. The van der Waals surface area contributed by atoms with Gasteiger partial charge in [0.1, 0.15) is 0 Å². The first-order chi connectivity index (χ1) is 9.08. The van der Waals surface area contributed by atoms with Crippen molar-refractivity contribution in [1.29, 1.82) is 0 Å². The van der Waals surface area contributed by atoms with Gasteiger partial charge in [0.25, 0.3) is 0 Å². The Hall–Kier alpha value is -1.13. The second kappa shape index (κ2) is 5.88. The Balaban J connectivity index is 2.09. The number of pyridine rings is 1. The van der Waals surface area contributed by atoms with E-state index in [4.69, 9.17) is 4.74 Å². The summed E-state index contributed by atoms with van der Waals surface area (Å²) >= 11 is 0. The van der Waals surface area contributed by atoms with E-state index in [0.717, 1.165) is 37.3 Å². The Morgan fingerprint density at radius 3 is 2.89 bits per heavy atom. The molecule has 1 N–H and O–H groups in total. The maximum atomic E-state index is 9.76. The first kappa shape index (κ1) is 14.3. The van der Waals surface area contributed by atoms with Crippen molar-refractivity contribution in [2.75, 3.05) is 25.1 Å². The van der Waals surface area contributed by atoms with E-state index in [0.29, 0.717) is 6.42 Å². The molecule has 0 saturated carbocycles. The topological polar surface area (TPSA) is 45.6 Å². The quantitative estimate of drug-likeness (QED) is 0.907. The number of nitrogens with zero attached hydrogens (tertiary/aromatic N) is 2. The number of ether oxygens (including phenoxy) is 1. The van der Waals surface area contributed by atoms with Crippen LogP contribution < -0.4 is 4.90 Å². The minimum absolute atomic E-state index is 0.0696. The molecule has 0 spiro atoms. The third-order valence-electron chi connectivity index (χ3n) is 4.02. The highest BCUT2D eigenvalue weighted by atomic mass is 16.5. The highest BCUT2D eigenvalue weighted by Gasteiger charge is 2.30. The van der Waals surface area contributed by atoms with Gasteiger partial charge in [-0.3, -0.25) is 4.98 Å². The number of hydrogen-bond acceptors (Lipinski definition) is 4. The first-order valence-electron chi connectivity index (χ1n) is 7.02. The van der Waals surface area contributed by atoms with Crippen LogP contribution in [0.3, 0.4) is 0 Å². The highest BCUT2D eigenvalue weighted by Crippen LogP contribution is 2.28. The maximum Gasteiger partial charge on any atom is 0.0957 e. The normalized spacial score (nSPS) is 25.4. The van der Waals surface area contributed by atoms with Gasteiger partial charge in [0.05, 0.1) is 29.3 Å². The van der Waals surface area contributed by atoms with E-state index >= 15 is 0 Å². The standard InChI is InChI=1S/C15H24N2O2/c1-4-14(18)13-7-6-12(10-16-13)17-9-5-8-15(2,11-17)19-3/h6-7,10,14,18H,4-5,8-9,11H2,1-3H3. The highest BCUT2D eigenvalue weighted by molar-refractivity contribution is 5.45. The lowest BCUT2D eigenvalue weighted by Gasteiger charge is -2.40. The number of anilines is 1. The van der Waals surface area contributed by atoms with Crippen molar-refractivity contribution in [2.45, 2.75) is 44.8 Å². The average molecular weight is 264 g/mol. The van der Waals surface area contributed by atoms with Crippen molar-refractivity contribution in [2.24, 2.45) is 0 Å². The summed E-state index contributed by atoms with van der Waals surface area (Å²) in [4.78, 5) is 6.67. The molecule has 2 heterocycles. The van der Waals surface area contributed by atoms with Crippen LogP contribution in [-0.2, 0) is 4.74 Å². The molecule has 2 rings (SSSR count). The molecule has 19 heavy (non-hydrogen) atoms. The summed E-state index contributed by atoms with van der Waals surface area (Å²) in [6, 6.07) is 3.96. The first-order valence-corrected chi connectivity index (χ1v) is 7.02. The molecular weight excluding hydrogens is 240 g/mol. The van der Waals surface area contributed by atoms with Gasteiger partial charge >= 0.3 is 0 Å². The average Bonchev–Trinajstić information content (AvgIpc) is 2.46. The van der Waals surface area contributed by atoms with E-state index in [2.05, 4.69) is 16.8 Å². The van der Waals surface area contributed by atoms with Crippen molar-refractivity contribution in [3.05, 3.63) is 24.0 Å². The third kappa shape index (κ3) is 3.25. The molecule has 2 unspecified atom stereocenters. The summed E-state index contributed by atoms with van der Waals surface area (Å²) < 4.78 is 5.61. The van der Waals surface area contributed by atoms with Crippen LogP contribution in [0.25, 0.3) is 0 Å². The van der Waals surface area contributed by atoms with Crippen LogP contribution >= 0.6 is 0 Å². The molecule has 0 amide bonds. The van der Waals surface area contributed by atoms with Gasteiger partial charge in [0.2, 0.25) is 0 Å². The van der Waals surface area contributed by atoms with Crippen LogP contribution in [0.15, 0.2) is 18.3 Å². The number of piperidine rings is 1. The number of hydrogen-bond donors (Lipinski definition) is 1. The Labute approximate surface area is 115 Å². The largest absolute Gasteiger partial charge is 0.387 e. The van der Waals surface area contributed by atoms with Gasteiger partial charge in [-0.2, -0.15) is 0 Å². The summed E-state index contributed by atoms with van der Waals surface area (Å²) in [6.07, 6.45) is 4.32. The zero-order valence-corrected chi connectivity index (χ0v) is 12.1. The van der Waals surface area contributed by atoms with Gasteiger partial charge in [0, 0.05) is 20.2 Å². The van der Waals surface area contributed by atoms with E-state index in [9.17, 15) is 5.11 Å². The van der Waals surface area contributed by atoms with Crippen molar-refractivity contribution in [3.63, 3.8) is 0 Å². The van der Waals surface area contributed by atoms with Gasteiger partial charge in [-0.15, -0.1) is 0 Å². The molecule has 106 valence electrons. The Morgan fingerprint density at radius 2 is 2.32 bits per heavy atom. The van der Waals surface area contributed by atoms with Crippen LogP contribution in [-0.4, -0.2) is 35.9 Å². The SMILES string of the molecule is CCC(O)c1ccc(N2CCCC(C)(OC)C2)cn1. The van der Waals surface area contributed by atoms with E-state index in [1.807, 2.05) is 25.3 Å². The molecule has 1 aliphatic heterocycles. The molecule has 4 nitrogen and oxygen atoms in total. The van der Waals surface area contributed by atoms with Crippen LogP contribution in [0.5, 0.6) is 0 Å². The predicted molar refractivity (Wildman–Crippen MR) is 76.3 cm³/mol. The van der Waals surface area contributed by atoms with Crippen LogP contribution in [0.4, 0.5) is 5.69 Å². The number of methoxy groups -OCH3 is 1. The van der Waals surface area contributed by atoms with E-state index in [-0.39, 0.29) is 5.60 Å². The van der Waals surface area contributed by atoms with Gasteiger partial charge < -0.3 is 14.7 Å². The van der Waals surface area contributed by atoms with E-state index in [1.54, 1.807) is 7.11 Å². The van der Waals surface area contributed by atoms with Crippen molar-refractivity contribution >= 4 is 5.69 Å². The molecule has 0 aliphatic carbocycles. The van der Waals surface area contributed by atoms with Crippen LogP contribution in [0.2, 0.25) is 0 Å². The lowest BCUT2D eigenvalue weighted by molar-refractivity contribution is -0.00467. The van der Waals surface area contributed by atoms with Gasteiger partial charge in [-0.25, -0.2) is 0 Å². The summed E-state index contributed by atoms with van der Waals surface area (Å²) in [5.41, 5.74) is 1.78. The molecule has 2 atom stereocenters. The fourth-order valence-electron chi connectivity index (χ4n) is 2.58. The van der Waals surface area contributed by atoms with E-state index in [1.165, 1.54) is 0 Å². The Morgan fingerprint density at radius 1 is 1.53 bits per heavy atom. The molecule has 1 aromatic rings. The third-order valence-corrected chi connectivity index (χ3v) is 4.02. The molecule has 0 radical (unpaired) electrons.